The molecule has 0 unspecified atom stereocenters. The van der Waals surface area contributed by atoms with E-state index in [1.807, 2.05) is 60.7 Å². The monoisotopic (exact) mass is 278 g/mol. The van der Waals surface area contributed by atoms with Crippen LogP contribution in [0, 0.1) is 5.41 Å². The van der Waals surface area contributed by atoms with Crippen LogP contribution in [0.1, 0.15) is 18.1 Å². The molecule has 21 heavy (non-hydrogen) atoms. The van der Waals surface area contributed by atoms with Crippen LogP contribution >= 0.6 is 0 Å². The van der Waals surface area contributed by atoms with Gasteiger partial charge in [0.2, 0.25) is 5.91 Å². The molecular formula is C18H18N2O. The third kappa shape index (κ3) is 3.91. The summed E-state index contributed by atoms with van der Waals surface area (Å²) in [5.41, 5.74) is 2.51. The SMILES string of the molecule is CC(=O)N(CCc1ccccc1)C(=C=N)c1ccccc1. The Morgan fingerprint density at radius 3 is 2.14 bits per heavy atom. The molecule has 0 fully saturated rings. The highest BCUT2D eigenvalue weighted by molar-refractivity contribution is 5.96. The van der Waals surface area contributed by atoms with E-state index in [0.717, 1.165) is 12.0 Å². The van der Waals surface area contributed by atoms with Crippen LogP contribution in [0.2, 0.25) is 0 Å². The number of hydrogen-bond donors (Lipinski definition) is 1. The van der Waals surface area contributed by atoms with E-state index in [0.29, 0.717) is 12.2 Å². The van der Waals surface area contributed by atoms with Gasteiger partial charge in [0.05, 0.1) is 0 Å². The van der Waals surface area contributed by atoms with Crippen LogP contribution in [0.25, 0.3) is 5.70 Å². The summed E-state index contributed by atoms with van der Waals surface area (Å²) in [6, 6.07) is 19.5. The van der Waals surface area contributed by atoms with Gasteiger partial charge in [-0.3, -0.25) is 10.2 Å². The van der Waals surface area contributed by atoms with E-state index in [4.69, 9.17) is 5.41 Å². The number of carbonyl (C=O) groups excluding carboxylic acids is 1. The number of rotatable bonds is 5. The van der Waals surface area contributed by atoms with Gasteiger partial charge in [-0.1, -0.05) is 60.7 Å². The number of amides is 1. The second kappa shape index (κ2) is 7.22. The zero-order valence-electron chi connectivity index (χ0n) is 12.0. The fourth-order valence-corrected chi connectivity index (χ4v) is 2.20. The van der Waals surface area contributed by atoms with Crippen LogP contribution < -0.4 is 0 Å². The van der Waals surface area contributed by atoms with E-state index >= 15 is 0 Å². The number of carbonyl (C=O) groups is 1. The maximum atomic E-state index is 11.9. The minimum Gasteiger partial charge on any atom is -0.304 e. The van der Waals surface area contributed by atoms with Crippen molar-refractivity contribution in [3.05, 3.63) is 71.8 Å². The average Bonchev–Trinajstić information content (AvgIpc) is 2.53. The first-order valence-corrected chi connectivity index (χ1v) is 6.89. The fourth-order valence-electron chi connectivity index (χ4n) is 2.20. The zero-order chi connectivity index (χ0) is 15.1. The fraction of sp³-hybridized carbons (Fsp3) is 0.167. The van der Waals surface area contributed by atoms with Crippen molar-refractivity contribution in [1.82, 2.24) is 4.90 Å². The molecule has 3 heteroatoms. The van der Waals surface area contributed by atoms with Gasteiger partial charge >= 0.3 is 0 Å². The molecule has 0 spiro atoms. The third-order valence-corrected chi connectivity index (χ3v) is 3.28. The number of nitrogens with zero attached hydrogens (tertiary/aromatic N) is 1. The first-order chi connectivity index (χ1) is 10.2. The molecule has 2 rings (SSSR count). The maximum Gasteiger partial charge on any atom is 0.224 e. The molecule has 0 saturated heterocycles. The van der Waals surface area contributed by atoms with Crippen LogP contribution in [0.15, 0.2) is 60.7 Å². The van der Waals surface area contributed by atoms with Gasteiger partial charge in [0, 0.05) is 24.9 Å². The third-order valence-electron chi connectivity index (χ3n) is 3.28. The first kappa shape index (κ1) is 14.8. The highest BCUT2D eigenvalue weighted by Crippen LogP contribution is 2.17. The van der Waals surface area contributed by atoms with Crippen molar-refractivity contribution in [3.63, 3.8) is 0 Å². The Bertz CT molecular complexity index is 643. The van der Waals surface area contributed by atoms with E-state index in [1.54, 1.807) is 4.90 Å². The van der Waals surface area contributed by atoms with Crippen LogP contribution in [0.4, 0.5) is 0 Å². The lowest BCUT2D eigenvalue weighted by molar-refractivity contribution is -0.125. The highest BCUT2D eigenvalue weighted by Gasteiger charge is 2.16. The predicted octanol–water partition coefficient (Wildman–Crippen LogP) is 3.37. The van der Waals surface area contributed by atoms with Crippen molar-refractivity contribution in [1.29, 1.82) is 5.41 Å². The van der Waals surface area contributed by atoms with E-state index < -0.39 is 0 Å². The van der Waals surface area contributed by atoms with Crippen LogP contribution in [-0.4, -0.2) is 23.2 Å². The van der Waals surface area contributed by atoms with Crippen LogP contribution in [0.5, 0.6) is 0 Å². The van der Waals surface area contributed by atoms with Crippen molar-refractivity contribution < 1.29 is 4.79 Å². The second-order valence-electron chi connectivity index (χ2n) is 4.75. The summed E-state index contributed by atoms with van der Waals surface area (Å²) in [4.78, 5) is 13.5. The summed E-state index contributed by atoms with van der Waals surface area (Å²) in [6.07, 6.45) is 0.748. The molecule has 1 amide bonds. The lowest BCUT2D eigenvalue weighted by Crippen LogP contribution is -2.29. The molecule has 0 aromatic heterocycles. The summed E-state index contributed by atoms with van der Waals surface area (Å²) < 4.78 is 0. The normalized spacial score (nSPS) is 9.76. The lowest BCUT2D eigenvalue weighted by Gasteiger charge is -2.22. The molecule has 0 aliphatic heterocycles. The van der Waals surface area contributed by atoms with Gasteiger partial charge in [-0.2, -0.15) is 0 Å². The molecule has 0 aliphatic rings. The Labute approximate surface area is 125 Å². The minimum absolute atomic E-state index is 0.0791. The topological polar surface area (TPSA) is 44.2 Å². The zero-order valence-corrected chi connectivity index (χ0v) is 12.0. The second-order valence-corrected chi connectivity index (χ2v) is 4.75. The molecule has 106 valence electrons. The average molecular weight is 278 g/mol. The highest BCUT2D eigenvalue weighted by atomic mass is 16.2. The van der Waals surface area contributed by atoms with Crippen molar-refractivity contribution in [2.75, 3.05) is 6.54 Å². The quantitative estimate of drug-likeness (QED) is 0.837. The molecule has 3 nitrogen and oxygen atoms in total. The van der Waals surface area contributed by atoms with Gasteiger partial charge in [0.1, 0.15) is 5.70 Å². The summed E-state index contributed by atoms with van der Waals surface area (Å²) in [7, 11) is 0. The summed E-state index contributed by atoms with van der Waals surface area (Å²) in [5.74, 6) is 2.33. The molecule has 0 aliphatic carbocycles. The Kier molecular flexibility index (Phi) is 5.08. The van der Waals surface area contributed by atoms with Crippen molar-refractivity contribution in [3.8, 4) is 0 Å². The van der Waals surface area contributed by atoms with Gasteiger partial charge in [-0.15, -0.1) is 0 Å². The Balaban J connectivity index is 2.19. The van der Waals surface area contributed by atoms with Gasteiger partial charge in [-0.05, 0) is 12.0 Å². The molecule has 2 aromatic rings. The first-order valence-electron chi connectivity index (χ1n) is 6.89. The predicted molar refractivity (Wildman–Crippen MR) is 85.1 cm³/mol. The van der Waals surface area contributed by atoms with Gasteiger partial charge < -0.3 is 4.90 Å². The van der Waals surface area contributed by atoms with Crippen molar-refractivity contribution >= 4 is 17.5 Å². The maximum absolute atomic E-state index is 11.9. The molecule has 0 atom stereocenters. The van der Waals surface area contributed by atoms with Crippen LogP contribution in [0.3, 0.4) is 0 Å². The Hall–Kier alpha value is -2.64. The standard InChI is InChI=1S/C18H18N2O/c1-15(21)20(13-12-16-8-4-2-5-9-16)18(14-19)17-10-6-3-7-11-17/h2-11,19H,12-13H2,1H3. The van der Waals surface area contributed by atoms with Gasteiger partial charge in [0.15, 0.2) is 0 Å². The Morgan fingerprint density at radius 2 is 1.62 bits per heavy atom. The van der Waals surface area contributed by atoms with E-state index in [-0.39, 0.29) is 5.91 Å². The largest absolute Gasteiger partial charge is 0.304 e. The van der Waals surface area contributed by atoms with E-state index in [2.05, 4.69) is 5.87 Å². The van der Waals surface area contributed by atoms with Crippen molar-refractivity contribution in [2.45, 2.75) is 13.3 Å². The van der Waals surface area contributed by atoms with Crippen molar-refractivity contribution in [2.24, 2.45) is 0 Å². The molecule has 2 aromatic carbocycles. The molecule has 0 saturated carbocycles. The summed E-state index contributed by atoms with van der Waals surface area (Å²) >= 11 is 0. The number of benzene rings is 2. The number of hydrogen-bond acceptors (Lipinski definition) is 2. The van der Waals surface area contributed by atoms with Crippen LogP contribution in [-0.2, 0) is 11.2 Å². The molecule has 0 heterocycles. The van der Waals surface area contributed by atoms with E-state index in [9.17, 15) is 4.79 Å². The van der Waals surface area contributed by atoms with E-state index in [1.165, 1.54) is 12.5 Å². The lowest BCUT2D eigenvalue weighted by atomic mass is 10.1. The molecular weight excluding hydrogens is 260 g/mol. The van der Waals surface area contributed by atoms with Gasteiger partial charge in [-0.25, -0.2) is 0 Å². The summed E-state index contributed by atoms with van der Waals surface area (Å²) in [5, 5.41) is 7.52. The summed E-state index contributed by atoms with van der Waals surface area (Å²) in [6.45, 7) is 2.06. The minimum atomic E-state index is -0.0791. The molecule has 0 radical (unpaired) electrons. The van der Waals surface area contributed by atoms with Gasteiger partial charge in [0.25, 0.3) is 0 Å². The molecule has 0 bridgehead atoms. The molecule has 1 N–H and O–H groups in total. The Morgan fingerprint density at radius 1 is 1.05 bits per heavy atom. The number of nitrogens with one attached hydrogen (secondary N) is 1. The smallest absolute Gasteiger partial charge is 0.224 e.